The lowest BCUT2D eigenvalue weighted by Crippen LogP contribution is -2.21. The molecule has 1 heterocycles. The number of hydrogen-bond donors (Lipinski definition) is 1. The number of rotatable bonds is 5. The first kappa shape index (κ1) is 18.9. The second-order valence-corrected chi connectivity index (χ2v) is 6.35. The molecule has 3 aromatic rings. The summed E-state index contributed by atoms with van der Waals surface area (Å²) in [5.74, 6) is -1.30. The van der Waals surface area contributed by atoms with Crippen molar-refractivity contribution < 1.29 is 14.3 Å². The van der Waals surface area contributed by atoms with Crippen LogP contribution in [0.15, 0.2) is 48.5 Å². The van der Waals surface area contributed by atoms with Gasteiger partial charge in [0.05, 0.1) is 22.1 Å². The maximum absolute atomic E-state index is 12.2. The normalized spacial score (nSPS) is 10.5. The first-order chi connectivity index (χ1) is 12.9. The van der Waals surface area contributed by atoms with Gasteiger partial charge in [0.2, 0.25) is 0 Å². The van der Waals surface area contributed by atoms with Crippen LogP contribution in [0.1, 0.15) is 16.2 Å². The molecule has 7 nitrogen and oxygen atoms in total. The predicted molar refractivity (Wildman–Crippen MR) is 101 cm³/mol. The van der Waals surface area contributed by atoms with Gasteiger partial charge >= 0.3 is 5.97 Å². The molecule has 0 fully saturated rings. The Hall–Kier alpha value is -2.90. The summed E-state index contributed by atoms with van der Waals surface area (Å²) < 4.78 is 5.02. The lowest BCUT2D eigenvalue weighted by atomic mass is 10.3. The summed E-state index contributed by atoms with van der Waals surface area (Å²) in [6.45, 7) is 1.13. The average molecular weight is 405 g/mol. The van der Waals surface area contributed by atoms with Crippen LogP contribution in [0.2, 0.25) is 10.0 Å². The molecule has 9 heteroatoms. The standard InChI is InChI=1S/C18H14Cl2N4O3/c1-11-17(23-24(22-11)13-5-3-2-4-6-13)18(26)27-10-16(25)21-15-9-12(19)7-8-14(15)20/h2-9H,10H2,1H3,(H,21,25). The number of para-hydroxylation sites is 1. The summed E-state index contributed by atoms with van der Waals surface area (Å²) in [6, 6.07) is 13.8. The van der Waals surface area contributed by atoms with Gasteiger partial charge in [0.25, 0.3) is 5.91 Å². The number of hydrogen-bond acceptors (Lipinski definition) is 5. The third kappa shape index (κ3) is 4.64. The zero-order chi connectivity index (χ0) is 19.4. The Balaban J connectivity index is 1.63. The number of halogens is 2. The van der Waals surface area contributed by atoms with E-state index in [0.717, 1.165) is 0 Å². The Morgan fingerprint density at radius 1 is 1.11 bits per heavy atom. The number of anilines is 1. The molecule has 27 heavy (non-hydrogen) atoms. The fraction of sp³-hybridized carbons (Fsp3) is 0.111. The molecule has 0 radical (unpaired) electrons. The van der Waals surface area contributed by atoms with Gasteiger partial charge in [-0.25, -0.2) is 4.79 Å². The summed E-state index contributed by atoms with van der Waals surface area (Å²) in [4.78, 5) is 25.5. The van der Waals surface area contributed by atoms with Crippen molar-refractivity contribution in [1.29, 1.82) is 0 Å². The van der Waals surface area contributed by atoms with Crippen LogP contribution >= 0.6 is 23.2 Å². The van der Waals surface area contributed by atoms with Gasteiger partial charge in [-0.2, -0.15) is 9.90 Å². The van der Waals surface area contributed by atoms with E-state index >= 15 is 0 Å². The third-order valence-corrected chi connectivity index (χ3v) is 4.06. The first-order valence-corrected chi connectivity index (χ1v) is 8.61. The zero-order valence-electron chi connectivity index (χ0n) is 14.1. The third-order valence-electron chi connectivity index (χ3n) is 3.50. The number of carbonyl (C=O) groups excluding carboxylic acids is 2. The van der Waals surface area contributed by atoms with Crippen molar-refractivity contribution in [2.45, 2.75) is 6.92 Å². The zero-order valence-corrected chi connectivity index (χ0v) is 15.7. The van der Waals surface area contributed by atoms with E-state index in [1.54, 1.807) is 31.2 Å². The molecule has 138 valence electrons. The summed E-state index contributed by atoms with van der Waals surface area (Å²) in [5.41, 5.74) is 1.46. The molecule has 0 atom stereocenters. The average Bonchev–Trinajstić information content (AvgIpc) is 3.05. The van der Waals surface area contributed by atoms with Crippen LogP contribution in [0.4, 0.5) is 5.69 Å². The molecule has 0 aliphatic heterocycles. The van der Waals surface area contributed by atoms with E-state index in [2.05, 4.69) is 15.5 Å². The number of aromatic nitrogens is 3. The molecule has 2 aromatic carbocycles. The number of nitrogens with zero attached hydrogens (tertiary/aromatic N) is 3. The Morgan fingerprint density at radius 2 is 1.85 bits per heavy atom. The molecule has 0 saturated carbocycles. The second-order valence-electron chi connectivity index (χ2n) is 5.51. The van der Waals surface area contributed by atoms with Crippen molar-refractivity contribution in [2.75, 3.05) is 11.9 Å². The molecule has 3 rings (SSSR count). The first-order valence-electron chi connectivity index (χ1n) is 7.85. The van der Waals surface area contributed by atoms with Gasteiger partial charge < -0.3 is 10.1 Å². The van der Waals surface area contributed by atoms with Gasteiger partial charge in [-0.3, -0.25) is 4.79 Å². The monoisotopic (exact) mass is 404 g/mol. The van der Waals surface area contributed by atoms with Crippen LogP contribution in [0.25, 0.3) is 5.69 Å². The number of ether oxygens (including phenoxy) is 1. The van der Waals surface area contributed by atoms with E-state index in [9.17, 15) is 9.59 Å². The molecular formula is C18H14Cl2N4O3. The Morgan fingerprint density at radius 3 is 2.59 bits per heavy atom. The molecule has 0 saturated heterocycles. The number of carbonyl (C=O) groups is 2. The lowest BCUT2D eigenvalue weighted by molar-refractivity contribution is -0.119. The molecule has 1 aromatic heterocycles. The van der Waals surface area contributed by atoms with E-state index in [4.69, 9.17) is 27.9 Å². The van der Waals surface area contributed by atoms with Crippen LogP contribution in [-0.4, -0.2) is 33.5 Å². The molecule has 0 aliphatic carbocycles. The van der Waals surface area contributed by atoms with Crippen LogP contribution in [0.5, 0.6) is 0 Å². The summed E-state index contributed by atoms with van der Waals surface area (Å²) in [6.07, 6.45) is 0. The highest BCUT2D eigenvalue weighted by atomic mass is 35.5. The largest absolute Gasteiger partial charge is 0.451 e. The molecule has 1 N–H and O–H groups in total. The smallest absolute Gasteiger partial charge is 0.361 e. The quantitative estimate of drug-likeness (QED) is 0.655. The fourth-order valence-corrected chi connectivity index (χ4v) is 2.56. The SMILES string of the molecule is Cc1nn(-c2ccccc2)nc1C(=O)OCC(=O)Nc1cc(Cl)ccc1Cl. The topological polar surface area (TPSA) is 86.1 Å². The maximum atomic E-state index is 12.2. The van der Waals surface area contributed by atoms with Crippen molar-refractivity contribution in [3.05, 3.63) is 70.0 Å². The number of nitrogens with one attached hydrogen (secondary N) is 1. The van der Waals surface area contributed by atoms with Gasteiger partial charge in [-0.05, 0) is 37.3 Å². The second kappa shape index (κ2) is 8.20. The van der Waals surface area contributed by atoms with E-state index in [1.165, 1.54) is 10.9 Å². The van der Waals surface area contributed by atoms with Gasteiger partial charge in [-0.15, -0.1) is 5.10 Å². The van der Waals surface area contributed by atoms with Crippen molar-refractivity contribution in [1.82, 2.24) is 15.0 Å². The summed E-state index contributed by atoms with van der Waals surface area (Å²) >= 11 is 11.8. The molecule has 0 spiro atoms. The van der Waals surface area contributed by atoms with Gasteiger partial charge in [-0.1, -0.05) is 41.4 Å². The minimum Gasteiger partial charge on any atom is -0.451 e. The van der Waals surface area contributed by atoms with Crippen molar-refractivity contribution in [2.24, 2.45) is 0 Å². The molecule has 0 bridgehead atoms. The highest BCUT2D eigenvalue weighted by molar-refractivity contribution is 6.35. The Labute approximate surface area is 164 Å². The number of aryl methyl sites for hydroxylation is 1. The number of esters is 1. The van der Waals surface area contributed by atoms with Crippen LogP contribution in [-0.2, 0) is 9.53 Å². The number of benzene rings is 2. The minimum absolute atomic E-state index is 0.0347. The van der Waals surface area contributed by atoms with Gasteiger partial charge in [0.1, 0.15) is 0 Å². The molecular weight excluding hydrogens is 391 g/mol. The van der Waals surface area contributed by atoms with Crippen molar-refractivity contribution in [3.8, 4) is 5.69 Å². The van der Waals surface area contributed by atoms with Crippen molar-refractivity contribution in [3.63, 3.8) is 0 Å². The van der Waals surface area contributed by atoms with Gasteiger partial charge in [0, 0.05) is 5.02 Å². The van der Waals surface area contributed by atoms with Crippen LogP contribution in [0.3, 0.4) is 0 Å². The van der Waals surface area contributed by atoms with Crippen LogP contribution < -0.4 is 5.32 Å². The van der Waals surface area contributed by atoms with E-state index in [-0.39, 0.29) is 5.69 Å². The fourth-order valence-electron chi connectivity index (χ4n) is 2.22. The Bertz CT molecular complexity index is 990. The number of amides is 1. The van der Waals surface area contributed by atoms with Crippen LogP contribution in [0, 0.1) is 6.92 Å². The predicted octanol–water partition coefficient (Wildman–Crippen LogP) is 3.68. The van der Waals surface area contributed by atoms with Gasteiger partial charge in [0.15, 0.2) is 12.3 Å². The maximum Gasteiger partial charge on any atom is 0.361 e. The van der Waals surface area contributed by atoms with E-state index in [0.29, 0.717) is 27.1 Å². The summed E-state index contributed by atoms with van der Waals surface area (Å²) in [7, 11) is 0. The highest BCUT2D eigenvalue weighted by Crippen LogP contribution is 2.25. The molecule has 0 aliphatic rings. The van der Waals surface area contributed by atoms with E-state index in [1.807, 2.05) is 18.2 Å². The van der Waals surface area contributed by atoms with Crippen molar-refractivity contribution >= 4 is 40.8 Å². The Kier molecular flexibility index (Phi) is 5.73. The minimum atomic E-state index is -0.748. The molecule has 1 amide bonds. The lowest BCUT2D eigenvalue weighted by Gasteiger charge is -2.08. The highest BCUT2D eigenvalue weighted by Gasteiger charge is 2.19. The molecule has 0 unspecified atom stereocenters. The summed E-state index contributed by atoms with van der Waals surface area (Å²) in [5, 5.41) is 11.6. The van der Waals surface area contributed by atoms with E-state index < -0.39 is 18.5 Å².